The van der Waals surface area contributed by atoms with Gasteiger partial charge in [0.05, 0.1) is 6.54 Å². The van der Waals surface area contributed by atoms with Crippen LogP contribution in [0.15, 0.2) is 51.6 Å². The summed E-state index contributed by atoms with van der Waals surface area (Å²) in [6.07, 6.45) is 3.04. The van der Waals surface area contributed by atoms with Crippen LogP contribution in [-0.4, -0.2) is 55.3 Å². The Labute approximate surface area is 233 Å². The Bertz CT molecular complexity index is 1560. The molecular weight excluding hydrogens is 512 g/mol. The molecule has 0 aliphatic carbocycles. The Morgan fingerprint density at radius 3 is 2.48 bits per heavy atom. The van der Waals surface area contributed by atoms with E-state index in [2.05, 4.69) is 5.32 Å². The number of fused-ring (bicyclic) bond motifs is 1. The number of aryl methyl sites for hydroxylation is 1. The van der Waals surface area contributed by atoms with E-state index < -0.39 is 22.9 Å². The number of Topliss-reactive ketones (excluding diaryl/α,β-unsaturated/α-hetero) is 1. The van der Waals surface area contributed by atoms with Crippen LogP contribution in [0.4, 0.5) is 10.7 Å². The minimum Gasteiger partial charge on any atom is -0.444 e. The van der Waals surface area contributed by atoms with Crippen LogP contribution >= 0.6 is 0 Å². The molecule has 0 spiro atoms. The van der Waals surface area contributed by atoms with E-state index in [0.717, 1.165) is 23.0 Å². The second kappa shape index (κ2) is 11.5. The van der Waals surface area contributed by atoms with Gasteiger partial charge < -0.3 is 19.5 Å². The molecule has 4 rings (SSSR count). The zero-order valence-electron chi connectivity index (χ0n) is 24.1. The van der Waals surface area contributed by atoms with Gasteiger partial charge in [-0.15, -0.1) is 0 Å². The molecule has 0 radical (unpaired) electrons. The maximum atomic E-state index is 13.8. The highest BCUT2D eigenvalue weighted by Crippen LogP contribution is 2.25. The number of nitrogens with one attached hydrogen (secondary N) is 1. The minimum atomic E-state index is -0.608. The number of benzene rings is 1. The van der Waals surface area contributed by atoms with E-state index in [1.165, 1.54) is 4.57 Å². The van der Waals surface area contributed by atoms with Gasteiger partial charge in [-0.25, -0.2) is 9.59 Å². The van der Waals surface area contributed by atoms with Gasteiger partial charge in [-0.1, -0.05) is 42.0 Å². The monoisotopic (exact) mass is 550 g/mol. The van der Waals surface area contributed by atoms with E-state index in [4.69, 9.17) is 9.72 Å². The van der Waals surface area contributed by atoms with Crippen LogP contribution in [0.1, 0.15) is 57.8 Å². The molecular formula is C29H38N6O5. The molecule has 3 aromatic rings. The third-order valence-corrected chi connectivity index (χ3v) is 6.94. The van der Waals surface area contributed by atoms with Crippen molar-refractivity contribution in [3.63, 3.8) is 0 Å². The van der Waals surface area contributed by atoms with Crippen LogP contribution in [0, 0.1) is 0 Å². The predicted molar refractivity (Wildman–Crippen MR) is 154 cm³/mol. The number of alkyl carbamates (subject to hydrolysis) is 1. The molecule has 1 aromatic carbocycles. The largest absolute Gasteiger partial charge is 0.444 e. The molecule has 0 saturated carbocycles. The highest BCUT2D eigenvalue weighted by atomic mass is 16.6. The van der Waals surface area contributed by atoms with Crippen molar-refractivity contribution in [3.05, 3.63) is 68.4 Å². The Morgan fingerprint density at radius 2 is 1.82 bits per heavy atom. The van der Waals surface area contributed by atoms with Gasteiger partial charge >= 0.3 is 11.8 Å². The van der Waals surface area contributed by atoms with E-state index in [1.54, 1.807) is 37.4 Å². The molecule has 214 valence electrons. The number of carbonyl (C=O) groups excluding carboxylic acids is 2. The fourth-order valence-electron chi connectivity index (χ4n) is 4.84. The number of aromatic nitrogens is 4. The summed E-state index contributed by atoms with van der Waals surface area (Å²) in [4.78, 5) is 59.3. The van der Waals surface area contributed by atoms with E-state index in [-0.39, 0.29) is 29.5 Å². The lowest BCUT2D eigenvalue weighted by atomic mass is 10.1. The molecule has 40 heavy (non-hydrogen) atoms. The first-order valence-electron chi connectivity index (χ1n) is 13.5. The van der Waals surface area contributed by atoms with Crippen LogP contribution in [0.5, 0.6) is 0 Å². The first kappa shape index (κ1) is 28.8. The topological polar surface area (TPSA) is 120 Å². The van der Waals surface area contributed by atoms with Gasteiger partial charge in [0.25, 0.3) is 5.56 Å². The lowest BCUT2D eigenvalue weighted by Crippen LogP contribution is -2.49. The van der Waals surface area contributed by atoms with Crippen molar-refractivity contribution in [2.45, 2.75) is 72.2 Å². The zero-order valence-corrected chi connectivity index (χ0v) is 24.1. The highest BCUT2D eigenvalue weighted by Gasteiger charge is 2.29. The Kier molecular flexibility index (Phi) is 8.32. The molecule has 1 saturated heterocycles. The summed E-state index contributed by atoms with van der Waals surface area (Å²) in [5.74, 6) is 0.202. The van der Waals surface area contributed by atoms with Crippen LogP contribution in [-0.2, 0) is 24.9 Å². The number of piperidine rings is 1. The summed E-state index contributed by atoms with van der Waals surface area (Å²) >= 11 is 0. The molecule has 3 heterocycles. The van der Waals surface area contributed by atoms with Gasteiger partial charge in [-0.2, -0.15) is 4.98 Å². The molecule has 1 unspecified atom stereocenters. The number of amides is 1. The molecule has 1 fully saturated rings. The maximum absolute atomic E-state index is 13.8. The number of nitrogens with zero attached hydrogens (tertiary/aromatic N) is 5. The molecule has 1 aliphatic rings. The Morgan fingerprint density at radius 1 is 1.12 bits per heavy atom. The van der Waals surface area contributed by atoms with Crippen molar-refractivity contribution in [1.82, 2.24) is 24.0 Å². The summed E-state index contributed by atoms with van der Waals surface area (Å²) in [5.41, 5.74) is 0.145. The molecule has 1 amide bonds. The summed E-state index contributed by atoms with van der Waals surface area (Å²) in [5, 5.41) is 2.95. The van der Waals surface area contributed by atoms with Crippen molar-refractivity contribution in [3.8, 4) is 0 Å². The summed E-state index contributed by atoms with van der Waals surface area (Å²) in [6, 6.07) is 8.41. The Hall–Kier alpha value is -4.15. The summed E-state index contributed by atoms with van der Waals surface area (Å²) in [7, 11) is 1.56. The Balaban J connectivity index is 1.76. The second-order valence-corrected chi connectivity index (χ2v) is 11.3. The number of ether oxygens (including phenoxy) is 1. The average Bonchev–Trinajstić information content (AvgIpc) is 3.28. The first-order valence-corrected chi connectivity index (χ1v) is 13.5. The zero-order chi connectivity index (χ0) is 29.2. The third-order valence-electron chi connectivity index (χ3n) is 6.94. The van der Waals surface area contributed by atoms with Gasteiger partial charge in [0.2, 0.25) is 5.95 Å². The van der Waals surface area contributed by atoms with Crippen LogP contribution < -0.4 is 21.5 Å². The van der Waals surface area contributed by atoms with Crippen molar-refractivity contribution >= 4 is 29.0 Å². The second-order valence-electron chi connectivity index (χ2n) is 11.3. The molecule has 11 heteroatoms. The van der Waals surface area contributed by atoms with E-state index in [0.29, 0.717) is 31.1 Å². The number of allylic oxidation sites excluding steroid dienone is 2. The third kappa shape index (κ3) is 6.19. The van der Waals surface area contributed by atoms with Crippen molar-refractivity contribution < 1.29 is 14.3 Å². The van der Waals surface area contributed by atoms with E-state index in [1.807, 2.05) is 50.2 Å². The van der Waals surface area contributed by atoms with Gasteiger partial charge in [0.15, 0.2) is 16.9 Å². The van der Waals surface area contributed by atoms with Gasteiger partial charge in [-0.05, 0) is 47.5 Å². The number of imidazole rings is 1. The molecule has 1 N–H and O–H groups in total. The SMILES string of the molecule is CC=C(C)Cn1c(N2CCCC(NC(=O)OC(C)(C)C)C2)nc2c1c(=O)n(CC(=O)c1ccccc1)c(=O)n2C. The molecule has 1 atom stereocenters. The van der Waals surface area contributed by atoms with Crippen LogP contribution in [0.3, 0.4) is 0 Å². The first-order chi connectivity index (χ1) is 18.9. The molecule has 2 aromatic heterocycles. The van der Waals surface area contributed by atoms with Crippen molar-refractivity contribution in [2.75, 3.05) is 18.0 Å². The number of hydrogen-bond donors (Lipinski definition) is 1. The smallest absolute Gasteiger partial charge is 0.407 e. The lowest BCUT2D eigenvalue weighted by Gasteiger charge is -2.34. The number of hydrogen-bond acceptors (Lipinski definition) is 7. The number of rotatable bonds is 7. The fraction of sp³-hybridized carbons (Fsp3) is 0.483. The standard InChI is InChI=1S/C29H38N6O5/c1-7-19(2)16-34-23-24(31-26(34)33-15-11-14-21(17-33)30-27(38)40-29(3,4)5)32(6)28(39)35(25(23)37)18-22(36)20-12-9-8-10-13-20/h7-10,12-13,21H,11,14-18H2,1-6H3,(H,30,38). The molecule has 0 bridgehead atoms. The average molecular weight is 551 g/mol. The van der Waals surface area contributed by atoms with Gasteiger partial charge in [-0.3, -0.25) is 18.7 Å². The van der Waals surface area contributed by atoms with E-state index >= 15 is 0 Å². The van der Waals surface area contributed by atoms with Crippen LogP contribution in [0.25, 0.3) is 11.2 Å². The number of anilines is 1. The summed E-state index contributed by atoms with van der Waals surface area (Å²) < 4.78 is 9.55. The quantitative estimate of drug-likeness (QED) is 0.354. The predicted octanol–water partition coefficient (Wildman–Crippen LogP) is 3.24. The normalized spacial score (nSPS) is 16.3. The van der Waals surface area contributed by atoms with Crippen molar-refractivity contribution in [2.24, 2.45) is 7.05 Å². The van der Waals surface area contributed by atoms with Crippen LogP contribution in [0.2, 0.25) is 0 Å². The minimum absolute atomic E-state index is 0.177. The number of ketones is 1. The van der Waals surface area contributed by atoms with Crippen molar-refractivity contribution in [1.29, 1.82) is 0 Å². The van der Waals surface area contributed by atoms with Gasteiger partial charge in [0.1, 0.15) is 5.60 Å². The lowest BCUT2D eigenvalue weighted by molar-refractivity contribution is 0.0499. The highest BCUT2D eigenvalue weighted by molar-refractivity contribution is 5.96. The summed E-state index contributed by atoms with van der Waals surface area (Å²) in [6.45, 7) is 10.5. The van der Waals surface area contributed by atoms with E-state index in [9.17, 15) is 19.2 Å². The number of carbonyl (C=O) groups is 2. The van der Waals surface area contributed by atoms with Gasteiger partial charge in [0, 0.05) is 38.3 Å². The maximum Gasteiger partial charge on any atom is 0.407 e. The molecule has 11 nitrogen and oxygen atoms in total. The molecule has 1 aliphatic heterocycles. The fourth-order valence-corrected chi connectivity index (χ4v) is 4.84.